The van der Waals surface area contributed by atoms with Gasteiger partial charge in [-0.25, -0.2) is 0 Å². The zero-order valence-corrected chi connectivity index (χ0v) is 67.3. The number of aryl methyl sites for hydroxylation is 8. The second-order valence-corrected chi connectivity index (χ2v) is 40.3. The molecule has 0 saturated heterocycles. The summed E-state index contributed by atoms with van der Waals surface area (Å²) in [5.74, 6) is 0. The molecule has 482 valence electrons. The summed E-state index contributed by atoms with van der Waals surface area (Å²) in [5.41, 5.74) is 11.6. The molecule has 16 heterocycles. The SMILES string of the molecule is CCc1ccsc1-c1cc(CC)c(-c2ccc(-c3ccc(-c4ccc(-c5ccc(-c6sc(-c7sc(-c8cc(CC)c(-c9cc(CC)c(-c%10ccc(-c%11ccc(-c%12ccc(-c%13ccc(-c%14sc(-c%15sccc%15CC)cc%14CC)s%13)s%12)s%11)s%10)s9)s8)cc7CC)cc6CC)s5)s4)s3)s2)s1. The molecule has 0 N–H and O–H groups in total. The maximum atomic E-state index is 2.51. The lowest BCUT2D eigenvalue weighted by Gasteiger charge is -1.97. The van der Waals surface area contributed by atoms with Crippen molar-refractivity contribution in [2.45, 2.75) is 107 Å². The Balaban J connectivity index is 0.598. The second-order valence-electron chi connectivity index (χ2n) is 23.5. The fourth-order valence-electron chi connectivity index (χ4n) is 12.5. The van der Waals surface area contributed by atoms with Crippen molar-refractivity contribution >= 4 is 181 Å². The van der Waals surface area contributed by atoms with E-state index in [4.69, 9.17) is 0 Å². The maximum absolute atomic E-state index is 2.51. The van der Waals surface area contributed by atoms with Gasteiger partial charge in [0.25, 0.3) is 0 Å². The molecule has 0 radical (unpaired) electrons. The van der Waals surface area contributed by atoms with Crippen molar-refractivity contribution in [2.75, 3.05) is 0 Å². The van der Waals surface area contributed by atoms with Crippen LogP contribution in [0.25, 0.3) is 146 Å². The van der Waals surface area contributed by atoms with E-state index < -0.39 is 0 Å². The second kappa shape index (κ2) is 28.3. The van der Waals surface area contributed by atoms with Crippen LogP contribution in [-0.4, -0.2) is 0 Å². The van der Waals surface area contributed by atoms with Crippen LogP contribution < -0.4 is 0 Å². The van der Waals surface area contributed by atoms with E-state index in [9.17, 15) is 0 Å². The van der Waals surface area contributed by atoms with Crippen LogP contribution in [0.2, 0.25) is 0 Å². The number of thiophene rings is 16. The third kappa shape index (κ3) is 12.5. The topological polar surface area (TPSA) is 0 Å². The third-order valence-electron chi connectivity index (χ3n) is 17.7. The molecular weight excluding hydrogens is 1470 g/mol. The lowest BCUT2D eigenvalue weighted by molar-refractivity contribution is 1.15. The molecule has 16 aromatic rings. The summed E-state index contributed by atoms with van der Waals surface area (Å²) in [6.45, 7) is 18.4. The van der Waals surface area contributed by atoms with Gasteiger partial charge >= 0.3 is 0 Å². The summed E-state index contributed by atoms with van der Waals surface area (Å²) in [4.78, 5) is 41.6. The van der Waals surface area contributed by atoms with Crippen LogP contribution in [0, 0.1) is 0 Å². The molecule has 0 aliphatic rings. The third-order valence-corrected chi connectivity index (χ3v) is 38.2. The van der Waals surface area contributed by atoms with Crippen LogP contribution in [0.5, 0.6) is 0 Å². The monoisotopic (exact) mass is 1540 g/mol. The van der Waals surface area contributed by atoms with E-state index in [2.05, 4.69) is 212 Å². The lowest BCUT2D eigenvalue weighted by Crippen LogP contribution is -1.78. The average molecular weight is 1540 g/mol. The summed E-state index contributed by atoms with van der Waals surface area (Å²) >= 11 is 31.2. The van der Waals surface area contributed by atoms with E-state index in [-0.39, 0.29) is 0 Å². The largest absolute Gasteiger partial charge is 0.143 e. The van der Waals surface area contributed by atoms with Gasteiger partial charge in [-0.3, -0.25) is 0 Å². The molecule has 16 rings (SSSR count). The molecule has 0 unspecified atom stereocenters. The van der Waals surface area contributed by atoms with Crippen molar-refractivity contribution in [1.82, 2.24) is 0 Å². The van der Waals surface area contributed by atoms with Crippen molar-refractivity contribution in [3.63, 3.8) is 0 Å². The molecule has 0 aromatic carbocycles. The molecule has 0 nitrogen and oxygen atoms in total. The fourth-order valence-corrected chi connectivity index (χ4v) is 31.9. The highest BCUT2D eigenvalue weighted by Crippen LogP contribution is 2.55. The van der Waals surface area contributed by atoms with E-state index >= 15 is 0 Å². The van der Waals surface area contributed by atoms with E-state index in [0.29, 0.717) is 0 Å². The minimum absolute atomic E-state index is 1.01. The van der Waals surface area contributed by atoms with Gasteiger partial charge in [-0.2, -0.15) is 0 Å². The Bertz CT molecular complexity index is 5060. The van der Waals surface area contributed by atoms with Gasteiger partial charge in [0.15, 0.2) is 0 Å². The van der Waals surface area contributed by atoms with Crippen molar-refractivity contribution in [1.29, 1.82) is 0 Å². The average Bonchev–Trinajstić information content (AvgIpc) is 1.63. The molecule has 16 aromatic heterocycles. The van der Waals surface area contributed by atoms with Gasteiger partial charge < -0.3 is 0 Å². The Morgan fingerprint density at radius 2 is 0.323 bits per heavy atom. The first-order valence-corrected chi connectivity index (χ1v) is 46.0. The van der Waals surface area contributed by atoms with E-state index in [1.807, 2.05) is 181 Å². The Hall–Kier alpha value is -4.80. The van der Waals surface area contributed by atoms with E-state index in [0.717, 1.165) is 51.4 Å². The van der Waals surface area contributed by atoms with Gasteiger partial charge in [0, 0.05) is 146 Å². The molecular formula is C80H66S16. The van der Waals surface area contributed by atoms with Gasteiger partial charge in [0.1, 0.15) is 0 Å². The number of rotatable bonds is 23. The normalized spacial score (nSPS) is 11.9. The number of hydrogen-bond donors (Lipinski definition) is 0. The Morgan fingerprint density at radius 1 is 0.156 bits per heavy atom. The minimum Gasteiger partial charge on any atom is -0.143 e. The van der Waals surface area contributed by atoms with Gasteiger partial charge in [-0.1, -0.05) is 55.4 Å². The summed E-state index contributed by atoms with van der Waals surface area (Å²) in [5, 5.41) is 4.49. The van der Waals surface area contributed by atoms with E-state index in [1.54, 1.807) is 0 Å². The fraction of sp³-hybridized carbons (Fsp3) is 0.200. The summed E-state index contributed by atoms with van der Waals surface area (Å²) < 4.78 is 0. The van der Waals surface area contributed by atoms with Gasteiger partial charge in [0.05, 0.1) is 0 Å². The molecule has 96 heavy (non-hydrogen) atoms. The number of hydrogen-bond acceptors (Lipinski definition) is 16. The first-order chi connectivity index (χ1) is 47.1. The van der Waals surface area contributed by atoms with E-state index in [1.165, 1.54) is 191 Å². The molecule has 0 aliphatic carbocycles. The quantitative estimate of drug-likeness (QED) is 0.0599. The van der Waals surface area contributed by atoms with Crippen LogP contribution in [0.3, 0.4) is 0 Å². The predicted molar refractivity (Wildman–Crippen MR) is 449 cm³/mol. The van der Waals surface area contributed by atoms with Crippen molar-refractivity contribution in [2.24, 2.45) is 0 Å². The highest BCUT2D eigenvalue weighted by Gasteiger charge is 2.25. The highest BCUT2D eigenvalue weighted by molar-refractivity contribution is 7.34. The van der Waals surface area contributed by atoms with Gasteiger partial charge in [0.2, 0.25) is 0 Å². The first-order valence-electron chi connectivity index (χ1n) is 32.8. The summed E-state index contributed by atoms with van der Waals surface area (Å²) in [6, 6.07) is 57.1. The van der Waals surface area contributed by atoms with Crippen LogP contribution in [0.15, 0.2) is 156 Å². The molecule has 0 aliphatic heterocycles. The molecule has 0 atom stereocenters. The summed E-state index contributed by atoms with van der Waals surface area (Å²) in [7, 11) is 0. The maximum Gasteiger partial charge on any atom is 0.0481 e. The van der Waals surface area contributed by atoms with Gasteiger partial charge in [-0.15, -0.1) is 181 Å². The van der Waals surface area contributed by atoms with Crippen molar-refractivity contribution in [3.05, 3.63) is 201 Å². The molecule has 0 bridgehead atoms. The Morgan fingerprint density at radius 3 is 0.542 bits per heavy atom. The highest BCUT2D eigenvalue weighted by atomic mass is 32.2. The van der Waals surface area contributed by atoms with Gasteiger partial charge in [-0.05, 0) is 252 Å². The zero-order chi connectivity index (χ0) is 65.3. The Labute approximate surface area is 627 Å². The predicted octanol–water partition coefficient (Wildman–Crippen LogP) is 32.2. The minimum atomic E-state index is 1.01. The van der Waals surface area contributed by atoms with Crippen LogP contribution in [-0.2, 0) is 51.4 Å². The molecule has 0 saturated carbocycles. The summed E-state index contributed by atoms with van der Waals surface area (Å²) in [6.07, 6.45) is 8.29. The van der Waals surface area contributed by atoms with Crippen LogP contribution in [0.1, 0.15) is 99.9 Å². The standard InChI is InChI=1S/C80H66S16/c1-9-43-33-35-81-73(43)69-39-47(13-5)75(93-69)63-29-25-59(87-63)55-21-17-51(83-55)53-19-23-57(85-53)61-27-31-65(89-61)77-49(15-7)41-71(95-77)79-45(11-3)37-67(91-79)68-38-46(12-4)80(92-68)72-42-50(16-8)78(96-72)66-32-28-62(90-66)58-24-20-54(86-58)52-18-22-56(84-52)60-26-30-64(88-60)76-48(14-6)40-70(94-76)74-44(10-2)34-36-82-74/h17-42H,9-16H2,1-8H3. The smallest absolute Gasteiger partial charge is 0.0481 e. The Kier molecular flexibility index (Phi) is 19.4. The molecule has 16 heteroatoms. The van der Waals surface area contributed by atoms with Crippen molar-refractivity contribution in [3.8, 4) is 146 Å². The van der Waals surface area contributed by atoms with Crippen LogP contribution in [0.4, 0.5) is 0 Å². The molecule has 0 fully saturated rings. The molecule has 0 spiro atoms. The molecule has 0 amide bonds. The lowest BCUT2D eigenvalue weighted by atomic mass is 10.1. The van der Waals surface area contributed by atoms with Crippen LogP contribution >= 0.6 is 181 Å². The first kappa shape index (κ1) is 65.8. The van der Waals surface area contributed by atoms with Crippen molar-refractivity contribution < 1.29 is 0 Å². The zero-order valence-electron chi connectivity index (χ0n) is 54.2.